The second-order valence-corrected chi connectivity index (χ2v) is 9.93. The Labute approximate surface area is 206 Å². The van der Waals surface area contributed by atoms with Crippen LogP contribution in [0.1, 0.15) is 20.8 Å². The number of nitroso groups, excluding NO2 is 1. The number of rotatable bonds is 10. The second kappa shape index (κ2) is 11.4. The van der Waals surface area contributed by atoms with Crippen molar-refractivity contribution in [1.82, 2.24) is 22.5 Å². The molecule has 0 amide bonds. The minimum atomic E-state index is -0.556. The van der Waals surface area contributed by atoms with Gasteiger partial charge in [-0.1, -0.05) is 0 Å². The van der Waals surface area contributed by atoms with Crippen LogP contribution in [0.25, 0.3) is 0 Å². The predicted octanol–water partition coefficient (Wildman–Crippen LogP) is 1.67. The Hall–Kier alpha value is -2.36. The van der Waals surface area contributed by atoms with Crippen LogP contribution in [0.4, 0.5) is 11.6 Å². The lowest BCUT2D eigenvalue weighted by Gasteiger charge is -2.33. The summed E-state index contributed by atoms with van der Waals surface area (Å²) >= 11 is 2.18. The topological polar surface area (TPSA) is 128 Å². The molecule has 0 aliphatic carbocycles. The highest BCUT2D eigenvalue weighted by Crippen LogP contribution is 2.30. The summed E-state index contributed by atoms with van der Waals surface area (Å²) in [5.74, 6) is 2.21. The lowest BCUT2D eigenvalue weighted by Crippen LogP contribution is -2.45. The van der Waals surface area contributed by atoms with Crippen molar-refractivity contribution in [3.63, 3.8) is 0 Å². The van der Waals surface area contributed by atoms with Crippen molar-refractivity contribution in [2.45, 2.75) is 32.4 Å². The van der Waals surface area contributed by atoms with Gasteiger partial charge in [-0.05, 0) is 20.8 Å². The van der Waals surface area contributed by atoms with E-state index < -0.39 is 11.6 Å². The summed E-state index contributed by atoms with van der Waals surface area (Å²) in [6, 6.07) is 0. The molecular formula is C19H30N8O5S2. The highest BCUT2D eigenvalue weighted by Gasteiger charge is 2.30. The Bertz CT molecular complexity index is 911. The van der Waals surface area contributed by atoms with Crippen molar-refractivity contribution >= 4 is 35.1 Å². The van der Waals surface area contributed by atoms with E-state index in [1.54, 1.807) is 0 Å². The van der Waals surface area contributed by atoms with E-state index >= 15 is 0 Å². The molecule has 0 bridgehead atoms. The number of anilines is 2. The molecule has 15 heteroatoms. The van der Waals surface area contributed by atoms with Gasteiger partial charge in [0.05, 0.1) is 67.3 Å². The first-order chi connectivity index (χ1) is 16.5. The van der Waals surface area contributed by atoms with Crippen LogP contribution in [0, 0.1) is 4.91 Å². The van der Waals surface area contributed by atoms with E-state index in [4.69, 9.17) is 18.9 Å². The minimum Gasteiger partial charge on any atom is -0.470 e. The Morgan fingerprint density at radius 1 is 0.941 bits per heavy atom. The van der Waals surface area contributed by atoms with Crippen molar-refractivity contribution in [3.8, 4) is 11.8 Å². The standard InChI is InChI=1S/C19H30N8O5S2/c1-19(2,3)27(24-28)12-14(32-18-16(21-34-23-18)26-6-10-30-11-7-26)13-31-17-15(20-33-22-17)25-4-8-29-9-5-25/h14H,4-13H2,1-3H3. The molecule has 2 aromatic rings. The summed E-state index contributed by atoms with van der Waals surface area (Å²) in [6.45, 7) is 11.5. The highest BCUT2D eigenvalue weighted by atomic mass is 32.1. The molecule has 2 aliphatic heterocycles. The monoisotopic (exact) mass is 514 g/mol. The molecule has 2 aromatic heterocycles. The number of hydrogen-bond donors (Lipinski definition) is 0. The van der Waals surface area contributed by atoms with Crippen LogP contribution >= 0.6 is 23.5 Å². The first-order valence-electron chi connectivity index (χ1n) is 11.2. The van der Waals surface area contributed by atoms with Crippen molar-refractivity contribution in [2.75, 3.05) is 75.6 Å². The molecule has 0 spiro atoms. The van der Waals surface area contributed by atoms with Gasteiger partial charge in [0.25, 0.3) is 11.8 Å². The second-order valence-electron chi connectivity index (χ2n) is 8.87. The fourth-order valence-corrected chi connectivity index (χ4v) is 4.56. The molecular weight excluding hydrogens is 484 g/mol. The van der Waals surface area contributed by atoms with E-state index in [1.165, 1.54) is 5.01 Å². The van der Waals surface area contributed by atoms with Gasteiger partial charge in [0.2, 0.25) is 11.6 Å². The van der Waals surface area contributed by atoms with Gasteiger partial charge in [-0.3, -0.25) is 5.01 Å². The first kappa shape index (κ1) is 24.8. The molecule has 188 valence electrons. The van der Waals surface area contributed by atoms with E-state index in [9.17, 15) is 4.91 Å². The smallest absolute Gasteiger partial charge is 0.271 e. The maximum Gasteiger partial charge on any atom is 0.271 e. The van der Waals surface area contributed by atoms with Gasteiger partial charge in [-0.25, -0.2) is 0 Å². The van der Waals surface area contributed by atoms with E-state index in [0.29, 0.717) is 62.9 Å². The molecule has 34 heavy (non-hydrogen) atoms. The van der Waals surface area contributed by atoms with Gasteiger partial charge in [-0.15, -0.1) is 13.7 Å². The van der Waals surface area contributed by atoms with Gasteiger partial charge >= 0.3 is 0 Å². The fourth-order valence-electron chi connectivity index (χ4n) is 3.53. The quantitative estimate of drug-likeness (QED) is 0.338. The van der Waals surface area contributed by atoms with E-state index in [2.05, 4.69) is 32.6 Å². The average Bonchev–Trinajstić information content (AvgIpc) is 3.50. The van der Waals surface area contributed by atoms with E-state index in [1.807, 2.05) is 20.8 Å². The summed E-state index contributed by atoms with van der Waals surface area (Å²) in [7, 11) is 0. The molecule has 1 atom stereocenters. The summed E-state index contributed by atoms with van der Waals surface area (Å²) in [4.78, 5) is 15.8. The summed E-state index contributed by atoms with van der Waals surface area (Å²) < 4.78 is 40.7. The van der Waals surface area contributed by atoms with Crippen LogP contribution in [0.3, 0.4) is 0 Å². The number of ether oxygens (including phenoxy) is 4. The summed E-state index contributed by atoms with van der Waals surface area (Å²) in [6.07, 6.45) is -0.556. The Kier molecular flexibility index (Phi) is 8.28. The maximum absolute atomic E-state index is 11.6. The van der Waals surface area contributed by atoms with Crippen LogP contribution in [0.5, 0.6) is 11.8 Å². The van der Waals surface area contributed by atoms with Crippen LogP contribution in [-0.4, -0.2) is 99.9 Å². The zero-order chi connectivity index (χ0) is 24.0. The third kappa shape index (κ3) is 6.20. The van der Waals surface area contributed by atoms with Crippen molar-refractivity contribution in [3.05, 3.63) is 4.91 Å². The lowest BCUT2D eigenvalue weighted by atomic mass is 10.1. The van der Waals surface area contributed by atoms with Gasteiger partial charge in [-0.2, -0.15) is 8.75 Å². The molecule has 1 unspecified atom stereocenters. The van der Waals surface area contributed by atoms with Crippen LogP contribution < -0.4 is 19.3 Å². The Morgan fingerprint density at radius 2 is 1.47 bits per heavy atom. The third-order valence-electron chi connectivity index (χ3n) is 5.44. The SMILES string of the molecule is CC(C)(C)N(CC(COc1nsnc1N1CCOCC1)Oc1nsnc1N1CCOCC1)N=O. The molecule has 13 nitrogen and oxygen atoms in total. The van der Waals surface area contributed by atoms with Gasteiger partial charge in [0, 0.05) is 26.2 Å². The molecule has 4 heterocycles. The Morgan fingerprint density at radius 3 is 2.00 bits per heavy atom. The number of aromatic nitrogens is 4. The lowest BCUT2D eigenvalue weighted by molar-refractivity contribution is 0.0441. The van der Waals surface area contributed by atoms with Crippen LogP contribution in [-0.2, 0) is 9.47 Å². The molecule has 2 aliphatic rings. The zero-order valence-corrected chi connectivity index (χ0v) is 21.2. The Balaban J connectivity index is 1.48. The van der Waals surface area contributed by atoms with Gasteiger partial charge < -0.3 is 28.7 Å². The van der Waals surface area contributed by atoms with Crippen molar-refractivity contribution in [2.24, 2.45) is 5.29 Å². The third-order valence-corrected chi connectivity index (χ3v) is 6.44. The van der Waals surface area contributed by atoms with E-state index in [0.717, 1.165) is 36.5 Å². The first-order valence-corrected chi connectivity index (χ1v) is 12.6. The molecule has 4 rings (SSSR count). The number of hydrogen-bond acceptors (Lipinski definition) is 14. The van der Waals surface area contributed by atoms with Gasteiger partial charge in [0.1, 0.15) is 6.61 Å². The van der Waals surface area contributed by atoms with Crippen LogP contribution in [0.15, 0.2) is 5.29 Å². The largest absolute Gasteiger partial charge is 0.470 e. The molecule has 0 radical (unpaired) electrons. The number of nitrogens with zero attached hydrogens (tertiary/aromatic N) is 8. The zero-order valence-electron chi connectivity index (χ0n) is 19.6. The fraction of sp³-hybridized carbons (Fsp3) is 0.789. The molecule has 0 N–H and O–H groups in total. The van der Waals surface area contributed by atoms with Gasteiger partial charge in [0.15, 0.2) is 6.10 Å². The maximum atomic E-state index is 11.6. The molecule has 0 aromatic carbocycles. The van der Waals surface area contributed by atoms with Crippen molar-refractivity contribution in [1.29, 1.82) is 0 Å². The number of morpholine rings is 2. The van der Waals surface area contributed by atoms with E-state index in [-0.39, 0.29) is 13.2 Å². The average molecular weight is 515 g/mol. The molecule has 2 saturated heterocycles. The predicted molar refractivity (Wildman–Crippen MR) is 128 cm³/mol. The summed E-state index contributed by atoms with van der Waals surface area (Å²) in [5.41, 5.74) is -0.488. The molecule has 2 fully saturated rings. The van der Waals surface area contributed by atoms with Crippen LogP contribution in [0.2, 0.25) is 0 Å². The summed E-state index contributed by atoms with van der Waals surface area (Å²) in [5, 5.41) is 4.66. The normalized spacial score (nSPS) is 18.0. The minimum absolute atomic E-state index is 0.130. The van der Waals surface area contributed by atoms with Crippen molar-refractivity contribution < 1.29 is 18.9 Å². The highest BCUT2D eigenvalue weighted by molar-refractivity contribution is 6.99. The molecule has 0 saturated carbocycles.